The van der Waals surface area contributed by atoms with E-state index >= 15 is 0 Å². The number of nitrogens with one attached hydrogen (secondary N) is 2. The van der Waals surface area contributed by atoms with Gasteiger partial charge in [-0.3, -0.25) is 4.79 Å². The van der Waals surface area contributed by atoms with Gasteiger partial charge >= 0.3 is 0 Å². The quantitative estimate of drug-likeness (QED) is 0.785. The summed E-state index contributed by atoms with van der Waals surface area (Å²) in [5.74, 6) is -0.0607. The van der Waals surface area contributed by atoms with E-state index in [0.29, 0.717) is 12.1 Å². The van der Waals surface area contributed by atoms with Crippen LogP contribution in [0.2, 0.25) is 0 Å². The monoisotopic (exact) mass is 333 g/mol. The summed E-state index contributed by atoms with van der Waals surface area (Å²) in [5.41, 5.74) is 0.852. The van der Waals surface area contributed by atoms with Crippen LogP contribution in [0.4, 0.5) is 4.39 Å². The van der Waals surface area contributed by atoms with Crippen molar-refractivity contribution >= 4 is 16.8 Å². The van der Waals surface area contributed by atoms with Crippen molar-refractivity contribution in [3.05, 3.63) is 35.8 Å². The average molecular weight is 333 g/mol. The molecule has 130 valence electrons. The largest absolute Gasteiger partial charge is 0.390 e. The number of β-amino-alcohol motifs (C(OH)–C–C–N with tert-alkyl or cyclic N) is 1. The van der Waals surface area contributed by atoms with Crippen LogP contribution in [0.3, 0.4) is 0 Å². The Bertz CT molecular complexity index is 707. The molecule has 6 heteroatoms. The van der Waals surface area contributed by atoms with Gasteiger partial charge in [0.05, 0.1) is 11.7 Å². The summed E-state index contributed by atoms with van der Waals surface area (Å²) in [7, 11) is 0. The predicted molar refractivity (Wildman–Crippen MR) is 91.4 cm³/mol. The first-order valence-electron chi connectivity index (χ1n) is 8.49. The Balaban J connectivity index is 1.55. The van der Waals surface area contributed by atoms with Gasteiger partial charge < -0.3 is 20.3 Å². The second-order valence-corrected chi connectivity index (χ2v) is 6.71. The van der Waals surface area contributed by atoms with Crippen LogP contribution in [-0.4, -0.2) is 53.2 Å². The molecular weight excluding hydrogens is 309 g/mol. The number of halogens is 1. The Hall–Kier alpha value is -1.92. The second kappa shape index (κ2) is 7.32. The Morgan fingerprint density at radius 2 is 2.21 bits per heavy atom. The molecule has 1 unspecified atom stereocenters. The van der Waals surface area contributed by atoms with Crippen molar-refractivity contribution in [3.63, 3.8) is 0 Å². The third kappa shape index (κ3) is 3.76. The fraction of sp³-hybridized carbons (Fsp3) is 0.500. The molecule has 1 aliphatic rings. The van der Waals surface area contributed by atoms with E-state index in [1.54, 1.807) is 12.1 Å². The summed E-state index contributed by atoms with van der Waals surface area (Å²) >= 11 is 0. The summed E-state index contributed by atoms with van der Waals surface area (Å²) in [4.78, 5) is 17.4. The smallest absolute Gasteiger partial charge is 0.253 e. The van der Waals surface area contributed by atoms with E-state index in [1.807, 2.05) is 0 Å². The number of aliphatic hydroxyl groups is 1. The van der Waals surface area contributed by atoms with Crippen LogP contribution < -0.4 is 5.32 Å². The Labute approximate surface area is 140 Å². The number of hydrogen-bond donors (Lipinski definition) is 3. The fourth-order valence-electron chi connectivity index (χ4n) is 3.23. The second-order valence-electron chi connectivity index (χ2n) is 6.71. The minimum Gasteiger partial charge on any atom is -0.390 e. The summed E-state index contributed by atoms with van der Waals surface area (Å²) in [6, 6.07) is 4.65. The van der Waals surface area contributed by atoms with Gasteiger partial charge in [0.25, 0.3) is 5.91 Å². The van der Waals surface area contributed by atoms with E-state index in [4.69, 9.17) is 0 Å². The third-order valence-corrected chi connectivity index (χ3v) is 4.74. The Morgan fingerprint density at radius 1 is 1.46 bits per heavy atom. The van der Waals surface area contributed by atoms with Gasteiger partial charge in [-0.1, -0.05) is 13.0 Å². The van der Waals surface area contributed by atoms with Crippen molar-refractivity contribution in [1.29, 1.82) is 0 Å². The van der Waals surface area contributed by atoms with Gasteiger partial charge in [0.1, 0.15) is 5.82 Å². The highest BCUT2D eigenvalue weighted by molar-refractivity contribution is 6.06. The molecule has 1 aromatic heterocycles. The molecule has 5 nitrogen and oxygen atoms in total. The first-order valence-corrected chi connectivity index (χ1v) is 8.49. The number of aromatic amines is 1. The molecule has 1 amide bonds. The minimum absolute atomic E-state index is 0.159. The summed E-state index contributed by atoms with van der Waals surface area (Å²) in [6.07, 6.45) is 3.17. The van der Waals surface area contributed by atoms with Crippen molar-refractivity contribution in [2.45, 2.75) is 25.9 Å². The molecule has 3 N–H and O–H groups in total. The molecule has 0 radical (unpaired) electrons. The van der Waals surface area contributed by atoms with Gasteiger partial charge in [-0.25, -0.2) is 4.39 Å². The lowest BCUT2D eigenvalue weighted by Crippen LogP contribution is -2.43. The topological polar surface area (TPSA) is 68.4 Å². The van der Waals surface area contributed by atoms with Crippen molar-refractivity contribution < 1.29 is 14.3 Å². The number of aliphatic hydroxyl groups excluding tert-OH is 1. The van der Waals surface area contributed by atoms with Gasteiger partial charge in [-0.2, -0.15) is 0 Å². The number of aromatic nitrogens is 1. The normalized spacial score (nSPS) is 18.0. The molecule has 0 saturated carbocycles. The summed E-state index contributed by atoms with van der Waals surface area (Å²) in [6.45, 7) is 4.93. The SMILES string of the molecule is CC1CCN(CC(O)CNC(=O)c2c[nH]c3cccc(F)c23)CC1. The molecule has 3 rings (SSSR count). The number of nitrogens with zero attached hydrogens (tertiary/aromatic N) is 1. The zero-order valence-corrected chi connectivity index (χ0v) is 13.9. The molecule has 1 aliphatic heterocycles. The van der Waals surface area contributed by atoms with Gasteiger partial charge in [-0.15, -0.1) is 0 Å². The lowest BCUT2D eigenvalue weighted by Gasteiger charge is -2.31. The molecular formula is C18H24FN3O2. The number of H-pyrrole nitrogens is 1. The van der Waals surface area contributed by atoms with E-state index in [9.17, 15) is 14.3 Å². The Morgan fingerprint density at radius 3 is 2.96 bits per heavy atom. The fourth-order valence-corrected chi connectivity index (χ4v) is 3.23. The minimum atomic E-state index is -0.627. The number of carbonyl (C=O) groups excluding carboxylic acids is 1. The highest BCUT2D eigenvalue weighted by Crippen LogP contribution is 2.21. The number of likely N-dealkylation sites (tertiary alicyclic amines) is 1. The van der Waals surface area contributed by atoms with Crippen molar-refractivity contribution in [3.8, 4) is 0 Å². The maximum atomic E-state index is 13.9. The molecule has 24 heavy (non-hydrogen) atoms. The number of amides is 1. The molecule has 0 bridgehead atoms. The summed E-state index contributed by atoms with van der Waals surface area (Å²) in [5, 5.41) is 13.1. The highest BCUT2D eigenvalue weighted by Gasteiger charge is 2.20. The maximum absolute atomic E-state index is 13.9. The lowest BCUT2D eigenvalue weighted by molar-refractivity contribution is 0.0796. The predicted octanol–water partition coefficient (Wildman–Crippen LogP) is 2.13. The highest BCUT2D eigenvalue weighted by atomic mass is 19.1. The van der Waals surface area contributed by atoms with E-state index in [2.05, 4.69) is 22.1 Å². The van der Waals surface area contributed by atoms with Gasteiger partial charge in [0.15, 0.2) is 0 Å². The van der Waals surface area contributed by atoms with Gasteiger partial charge in [0, 0.05) is 30.2 Å². The average Bonchev–Trinajstić information content (AvgIpc) is 3.00. The van der Waals surface area contributed by atoms with Crippen LogP contribution in [-0.2, 0) is 0 Å². The van der Waals surface area contributed by atoms with Crippen molar-refractivity contribution in [2.75, 3.05) is 26.2 Å². The molecule has 0 aliphatic carbocycles. The van der Waals surface area contributed by atoms with E-state index in [0.717, 1.165) is 31.8 Å². The number of carbonyl (C=O) groups is 1. The number of hydrogen-bond acceptors (Lipinski definition) is 3. The van der Waals surface area contributed by atoms with Crippen LogP contribution in [0.5, 0.6) is 0 Å². The lowest BCUT2D eigenvalue weighted by atomic mass is 9.99. The molecule has 1 fully saturated rings. The van der Waals surface area contributed by atoms with Gasteiger partial charge in [-0.05, 0) is 44.0 Å². The Kier molecular flexibility index (Phi) is 5.16. The maximum Gasteiger partial charge on any atom is 0.253 e. The molecule has 2 heterocycles. The van der Waals surface area contributed by atoms with E-state index < -0.39 is 11.9 Å². The first-order chi connectivity index (χ1) is 11.5. The van der Waals surface area contributed by atoms with Crippen molar-refractivity contribution in [1.82, 2.24) is 15.2 Å². The third-order valence-electron chi connectivity index (χ3n) is 4.74. The molecule has 1 saturated heterocycles. The van der Waals surface area contributed by atoms with Crippen molar-refractivity contribution in [2.24, 2.45) is 5.92 Å². The molecule has 2 aromatic rings. The number of fused-ring (bicyclic) bond motifs is 1. The zero-order valence-electron chi connectivity index (χ0n) is 13.9. The first kappa shape index (κ1) is 16.9. The number of rotatable bonds is 5. The van der Waals surface area contributed by atoms with Crippen LogP contribution in [0, 0.1) is 11.7 Å². The molecule has 1 aromatic carbocycles. The van der Waals surface area contributed by atoms with Crippen LogP contribution >= 0.6 is 0 Å². The summed E-state index contributed by atoms with van der Waals surface area (Å²) < 4.78 is 13.9. The molecule has 1 atom stereocenters. The standard InChI is InChI=1S/C18H24FN3O2/c1-12-5-7-22(8-6-12)11-13(23)9-21-18(24)14-10-20-16-4-2-3-15(19)17(14)16/h2-4,10,12-13,20,23H,5-9,11H2,1H3,(H,21,24). The van der Waals surface area contributed by atoms with Crippen LogP contribution in [0.15, 0.2) is 24.4 Å². The van der Waals surface area contributed by atoms with Crippen LogP contribution in [0.1, 0.15) is 30.1 Å². The van der Waals surface area contributed by atoms with E-state index in [-0.39, 0.29) is 23.4 Å². The number of piperidine rings is 1. The number of benzene rings is 1. The molecule has 0 spiro atoms. The van der Waals surface area contributed by atoms with E-state index in [1.165, 1.54) is 12.3 Å². The van der Waals surface area contributed by atoms with Crippen LogP contribution in [0.25, 0.3) is 10.9 Å². The zero-order chi connectivity index (χ0) is 17.1. The van der Waals surface area contributed by atoms with Gasteiger partial charge in [0.2, 0.25) is 0 Å².